The van der Waals surface area contributed by atoms with Crippen molar-refractivity contribution in [3.63, 3.8) is 0 Å². The third-order valence-electron chi connectivity index (χ3n) is 7.63. The largest absolute Gasteiger partial charge is 0.465 e. The lowest BCUT2D eigenvalue weighted by Crippen LogP contribution is -2.47. The standard InChI is InChI=1S/C32H30N6O4/c1-37-13-15-38(16-14-37)28(39)17-20-3-7-23(8-4-20)35-30(21-6-10-25-27(18-21)34-12-11-33-25)29-24-9-5-22(32(41)42-2)19-26(24)36-31(29)40/h3-12,18-19,35H,13-17H2,1-2H3,(H,36,40)/b30-29-. The maximum atomic E-state index is 13.4. The normalized spacial score (nSPS) is 16.1. The molecule has 2 amide bonds. The molecule has 212 valence electrons. The lowest BCUT2D eigenvalue weighted by Gasteiger charge is -2.32. The number of hydrogen-bond donors (Lipinski definition) is 2. The van der Waals surface area contributed by atoms with Crippen LogP contribution in [0.4, 0.5) is 11.4 Å². The fourth-order valence-corrected chi connectivity index (χ4v) is 5.26. The quantitative estimate of drug-likeness (QED) is 0.270. The molecule has 1 saturated heterocycles. The summed E-state index contributed by atoms with van der Waals surface area (Å²) in [6, 6.07) is 18.3. The average Bonchev–Trinajstić information content (AvgIpc) is 3.34. The Morgan fingerprint density at radius 2 is 1.62 bits per heavy atom. The summed E-state index contributed by atoms with van der Waals surface area (Å²) in [4.78, 5) is 51.3. The number of piperazine rings is 1. The minimum absolute atomic E-state index is 0.120. The van der Waals surface area contributed by atoms with Gasteiger partial charge < -0.3 is 25.2 Å². The summed E-state index contributed by atoms with van der Waals surface area (Å²) < 4.78 is 4.84. The van der Waals surface area contributed by atoms with Gasteiger partial charge in [-0.25, -0.2) is 4.79 Å². The van der Waals surface area contributed by atoms with Crippen LogP contribution in [0.2, 0.25) is 0 Å². The minimum Gasteiger partial charge on any atom is -0.465 e. The van der Waals surface area contributed by atoms with Crippen LogP contribution in [0.5, 0.6) is 0 Å². The number of ether oxygens (including phenoxy) is 1. The fraction of sp³-hybridized carbons (Fsp3) is 0.219. The molecular formula is C32H30N6O4. The zero-order chi connectivity index (χ0) is 29.2. The molecule has 0 radical (unpaired) electrons. The Bertz CT molecular complexity index is 1730. The number of methoxy groups -OCH3 is 1. The van der Waals surface area contributed by atoms with Crippen molar-refractivity contribution in [3.8, 4) is 0 Å². The van der Waals surface area contributed by atoms with Crippen molar-refractivity contribution in [2.24, 2.45) is 0 Å². The van der Waals surface area contributed by atoms with Crippen molar-refractivity contribution in [2.45, 2.75) is 6.42 Å². The number of amides is 2. The number of fused-ring (bicyclic) bond motifs is 2. The van der Waals surface area contributed by atoms with E-state index >= 15 is 0 Å². The van der Waals surface area contributed by atoms with Crippen molar-refractivity contribution >= 4 is 51.5 Å². The summed E-state index contributed by atoms with van der Waals surface area (Å²) in [6.45, 7) is 3.25. The first-order chi connectivity index (χ1) is 20.4. The van der Waals surface area contributed by atoms with Gasteiger partial charge in [-0.05, 0) is 49.0 Å². The van der Waals surface area contributed by atoms with E-state index in [-0.39, 0.29) is 11.8 Å². The van der Waals surface area contributed by atoms with Crippen molar-refractivity contribution in [3.05, 3.63) is 95.3 Å². The van der Waals surface area contributed by atoms with Crippen LogP contribution in [0.25, 0.3) is 22.3 Å². The molecule has 0 spiro atoms. The van der Waals surface area contributed by atoms with E-state index in [1.165, 1.54) is 7.11 Å². The number of carbonyl (C=O) groups is 3. The van der Waals surface area contributed by atoms with E-state index in [0.29, 0.717) is 40.0 Å². The smallest absolute Gasteiger partial charge is 0.337 e. The van der Waals surface area contributed by atoms with Gasteiger partial charge in [-0.2, -0.15) is 0 Å². The number of rotatable bonds is 6. The van der Waals surface area contributed by atoms with E-state index in [0.717, 1.165) is 48.5 Å². The Hall–Kier alpha value is -5.09. The third-order valence-corrected chi connectivity index (χ3v) is 7.63. The van der Waals surface area contributed by atoms with Gasteiger partial charge in [-0.15, -0.1) is 0 Å². The van der Waals surface area contributed by atoms with E-state index in [2.05, 4.69) is 32.5 Å². The van der Waals surface area contributed by atoms with E-state index in [1.807, 2.05) is 47.4 Å². The molecule has 3 heterocycles. The van der Waals surface area contributed by atoms with Crippen LogP contribution in [-0.4, -0.2) is 77.9 Å². The summed E-state index contributed by atoms with van der Waals surface area (Å²) in [5.41, 5.74) is 6.36. The lowest BCUT2D eigenvalue weighted by atomic mass is 9.98. The Morgan fingerprint density at radius 1 is 0.905 bits per heavy atom. The molecule has 10 nitrogen and oxygen atoms in total. The van der Waals surface area contributed by atoms with Gasteiger partial charge >= 0.3 is 5.97 Å². The molecule has 0 saturated carbocycles. The zero-order valence-corrected chi connectivity index (χ0v) is 23.4. The van der Waals surface area contributed by atoms with Gasteiger partial charge in [0.25, 0.3) is 5.91 Å². The van der Waals surface area contributed by atoms with E-state index < -0.39 is 5.97 Å². The van der Waals surface area contributed by atoms with Crippen molar-refractivity contribution in [1.29, 1.82) is 0 Å². The predicted molar refractivity (Wildman–Crippen MR) is 161 cm³/mol. The molecule has 10 heteroatoms. The molecule has 0 unspecified atom stereocenters. The first-order valence-electron chi connectivity index (χ1n) is 13.7. The average molecular weight is 563 g/mol. The number of hydrogen-bond acceptors (Lipinski definition) is 8. The van der Waals surface area contributed by atoms with Gasteiger partial charge in [0, 0.05) is 55.4 Å². The maximum Gasteiger partial charge on any atom is 0.337 e. The minimum atomic E-state index is -0.484. The molecule has 2 aliphatic heterocycles. The lowest BCUT2D eigenvalue weighted by molar-refractivity contribution is -0.132. The summed E-state index contributed by atoms with van der Waals surface area (Å²) in [7, 11) is 3.38. The summed E-state index contributed by atoms with van der Waals surface area (Å²) >= 11 is 0. The molecule has 3 aromatic carbocycles. The van der Waals surface area contributed by atoms with Gasteiger partial charge in [0.15, 0.2) is 0 Å². The number of aromatic nitrogens is 2. The molecule has 0 aliphatic carbocycles. The number of likely N-dealkylation sites (N-methyl/N-ethyl adjacent to an activating group) is 1. The molecule has 1 aromatic heterocycles. The van der Waals surface area contributed by atoms with Crippen molar-refractivity contribution < 1.29 is 19.1 Å². The summed E-state index contributed by atoms with van der Waals surface area (Å²) in [6.07, 6.45) is 3.59. The number of nitrogens with one attached hydrogen (secondary N) is 2. The van der Waals surface area contributed by atoms with Crippen molar-refractivity contribution in [1.82, 2.24) is 19.8 Å². The van der Waals surface area contributed by atoms with Gasteiger partial charge in [0.2, 0.25) is 5.91 Å². The van der Waals surface area contributed by atoms with E-state index in [9.17, 15) is 14.4 Å². The number of esters is 1. The Morgan fingerprint density at radius 3 is 2.36 bits per heavy atom. The molecule has 0 bridgehead atoms. The Balaban J connectivity index is 1.34. The highest BCUT2D eigenvalue weighted by atomic mass is 16.5. The SMILES string of the molecule is COC(=O)c1ccc2c(c1)NC(=O)/C2=C(\Nc1ccc(CC(=O)N2CCN(C)CC2)cc1)c1ccc2nccnc2c1. The molecule has 1 fully saturated rings. The van der Waals surface area contributed by atoms with Crippen LogP contribution in [0.3, 0.4) is 0 Å². The van der Waals surface area contributed by atoms with Crippen LogP contribution in [-0.2, 0) is 20.7 Å². The second-order valence-electron chi connectivity index (χ2n) is 10.4. The number of benzene rings is 3. The van der Waals surface area contributed by atoms with Crippen LogP contribution < -0.4 is 10.6 Å². The molecule has 0 atom stereocenters. The van der Waals surface area contributed by atoms with Crippen LogP contribution in [0.15, 0.2) is 73.1 Å². The number of carbonyl (C=O) groups excluding carboxylic acids is 3. The van der Waals surface area contributed by atoms with Gasteiger partial charge in [-0.1, -0.05) is 24.3 Å². The molecule has 2 aliphatic rings. The fourth-order valence-electron chi connectivity index (χ4n) is 5.26. The molecule has 6 rings (SSSR count). The van der Waals surface area contributed by atoms with Crippen LogP contribution >= 0.6 is 0 Å². The second kappa shape index (κ2) is 11.4. The monoisotopic (exact) mass is 562 g/mol. The first kappa shape index (κ1) is 27.1. The molecule has 2 N–H and O–H groups in total. The Kier molecular flexibility index (Phi) is 7.37. The highest BCUT2D eigenvalue weighted by Crippen LogP contribution is 2.38. The number of nitrogens with zero attached hydrogens (tertiary/aromatic N) is 4. The second-order valence-corrected chi connectivity index (χ2v) is 10.4. The van der Waals surface area contributed by atoms with Crippen LogP contribution in [0, 0.1) is 0 Å². The molecular weight excluding hydrogens is 532 g/mol. The highest BCUT2D eigenvalue weighted by Gasteiger charge is 2.29. The van der Waals surface area contributed by atoms with Crippen molar-refractivity contribution in [2.75, 3.05) is 51.0 Å². The predicted octanol–water partition coefficient (Wildman–Crippen LogP) is 3.67. The summed E-state index contributed by atoms with van der Waals surface area (Å²) in [5.74, 6) is -0.667. The van der Waals surface area contributed by atoms with Gasteiger partial charge in [0.1, 0.15) is 0 Å². The topological polar surface area (TPSA) is 117 Å². The van der Waals surface area contributed by atoms with Gasteiger partial charge in [0.05, 0.1) is 47.1 Å². The first-order valence-corrected chi connectivity index (χ1v) is 13.7. The van der Waals surface area contributed by atoms with Gasteiger partial charge in [-0.3, -0.25) is 19.6 Å². The maximum absolute atomic E-state index is 13.4. The molecule has 4 aromatic rings. The van der Waals surface area contributed by atoms with E-state index in [1.54, 1.807) is 30.6 Å². The highest BCUT2D eigenvalue weighted by molar-refractivity contribution is 6.37. The Labute approximate surface area is 243 Å². The van der Waals surface area contributed by atoms with Crippen LogP contribution in [0.1, 0.15) is 27.0 Å². The zero-order valence-electron chi connectivity index (χ0n) is 23.4. The van der Waals surface area contributed by atoms with E-state index in [4.69, 9.17) is 4.74 Å². The molecule has 42 heavy (non-hydrogen) atoms. The summed E-state index contributed by atoms with van der Waals surface area (Å²) in [5, 5.41) is 6.34. The number of anilines is 2. The third kappa shape index (κ3) is 5.44.